The Morgan fingerprint density at radius 3 is 2.66 bits per heavy atom. The number of ether oxygens (including phenoxy) is 1. The van der Waals surface area contributed by atoms with Gasteiger partial charge in [-0.3, -0.25) is 14.3 Å². The second kappa shape index (κ2) is 7.84. The first-order chi connectivity index (χ1) is 15.5. The summed E-state index contributed by atoms with van der Waals surface area (Å²) in [5.74, 6) is 0.145. The summed E-state index contributed by atoms with van der Waals surface area (Å²) in [5.41, 5.74) is 6.21. The van der Waals surface area contributed by atoms with Crippen molar-refractivity contribution in [3.63, 3.8) is 0 Å². The van der Waals surface area contributed by atoms with Crippen LogP contribution in [0.3, 0.4) is 0 Å². The molecular weight excluding hydrogens is 414 g/mol. The van der Waals surface area contributed by atoms with Crippen LogP contribution in [0, 0.1) is 0 Å². The van der Waals surface area contributed by atoms with Gasteiger partial charge in [0.2, 0.25) is 5.95 Å². The zero-order chi connectivity index (χ0) is 22.4. The molecule has 10 nitrogen and oxygen atoms in total. The molecule has 4 atom stereocenters. The van der Waals surface area contributed by atoms with Crippen molar-refractivity contribution in [2.24, 2.45) is 0 Å². The van der Waals surface area contributed by atoms with Crippen LogP contribution in [0.15, 0.2) is 47.3 Å². The first-order valence-electron chi connectivity index (χ1n) is 10.0. The maximum Gasteiger partial charge on any atom is 0.280 e. The van der Waals surface area contributed by atoms with E-state index < -0.39 is 36.7 Å². The lowest BCUT2D eigenvalue weighted by molar-refractivity contribution is -0.0513. The summed E-state index contributed by atoms with van der Waals surface area (Å²) in [4.78, 5) is 23.4. The number of benzene rings is 2. The van der Waals surface area contributed by atoms with E-state index in [9.17, 15) is 20.1 Å². The van der Waals surface area contributed by atoms with Gasteiger partial charge in [-0.05, 0) is 22.4 Å². The van der Waals surface area contributed by atoms with Gasteiger partial charge in [0, 0.05) is 0 Å². The van der Waals surface area contributed by atoms with E-state index in [2.05, 4.69) is 15.0 Å². The van der Waals surface area contributed by atoms with Crippen molar-refractivity contribution in [1.82, 2.24) is 19.5 Å². The summed E-state index contributed by atoms with van der Waals surface area (Å²) >= 11 is 0. The molecule has 164 valence electrons. The summed E-state index contributed by atoms with van der Waals surface area (Å²) in [6.45, 7) is -0.487. The minimum absolute atomic E-state index is 0.00880. The Bertz CT molecular complexity index is 1390. The van der Waals surface area contributed by atoms with Crippen molar-refractivity contribution >= 4 is 40.0 Å². The van der Waals surface area contributed by atoms with Crippen molar-refractivity contribution in [1.29, 1.82) is 0 Å². The minimum atomic E-state index is -1.38. The molecular formula is C22H21N5O5. The zero-order valence-electron chi connectivity index (χ0n) is 16.8. The summed E-state index contributed by atoms with van der Waals surface area (Å²) in [6, 6.07) is 13.8. The number of rotatable bonds is 4. The molecule has 6 N–H and O–H groups in total. The van der Waals surface area contributed by atoms with Crippen LogP contribution in [-0.4, -0.2) is 59.8 Å². The minimum Gasteiger partial charge on any atom is -0.394 e. The fourth-order valence-corrected chi connectivity index (χ4v) is 4.04. The van der Waals surface area contributed by atoms with Crippen LogP contribution in [0.5, 0.6) is 0 Å². The fraction of sp³-hybridized carbons (Fsp3) is 0.227. The summed E-state index contributed by atoms with van der Waals surface area (Å²) in [7, 11) is 0. The zero-order valence-corrected chi connectivity index (χ0v) is 16.8. The molecule has 1 saturated heterocycles. The Kier molecular flexibility index (Phi) is 4.98. The number of nitrogens with zero attached hydrogens (tertiary/aromatic N) is 3. The molecule has 5 rings (SSSR count). The molecule has 0 radical (unpaired) electrons. The van der Waals surface area contributed by atoms with E-state index >= 15 is 0 Å². The number of aliphatic hydroxyl groups excluding tert-OH is 3. The highest BCUT2D eigenvalue weighted by Crippen LogP contribution is 2.33. The van der Waals surface area contributed by atoms with Crippen LogP contribution in [-0.2, 0) is 4.74 Å². The SMILES string of the molecule is Nc1nc2c(nc(C=Cc3cccc4ccccc34)n2[C@@H]2O[C@H](CO)[C@@H](O)[C@H]2O)c(=O)[nH]1. The smallest absolute Gasteiger partial charge is 0.280 e. The maximum atomic E-state index is 12.4. The molecule has 10 heteroatoms. The fourth-order valence-electron chi connectivity index (χ4n) is 4.04. The molecule has 0 spiro atoms. The molecule has 0 saturated carbocycles. The van der Waals surface area contributed by atoms with Crippen molar-refractivity contribution in [3.8, 4) is 0 Å². The number of nitrogens with one attached hydrogen (secondary N) is 1. The van der Waals surface area contributed by atoms with E-state index in [1.165, 1.54) is 4.57 Å². The lowest BCUT2D eigenvalue weighted by atomic mass is 10.0. The molecule has 3 heterocycles. The van der Waals surface area contributed by atoms with Crippen molar-refractivity contribution in [2.75, 3.05) is 12.3 Å². The Morgan fingerprint density at radius 1 is 1.09 bits per heavy atom. The topological polar surface area (TPSA) is 160 Å². The van der Waals surface area contributed by atoms with Crippen LogP contribution in [0.1, 0.15) is 17.6 Å². The van der Waals surface area contributed by atoms with E-state index in [-0.39, 0.29) is 22.9 Å². The van der Waals surface area contributed by atoms with Crippen molar-refractivity contribution in [3.05, 3.63) is 64.2 Å². The van der Waals surface area contributed by atoms with Gasteiger partial charge in [-0.2, -0.15) is 4.98 Å². The highest BCUT2D eigenvalue weighted by molar-refractivity contribution is 5.92. The molecule has 2 aromatic carbocycles. The normalized spacial score (nSPS) is 23.6. The van der Waals surface area contributed by atoms with Crippen LogP contribution in [0.4, 0.5) is 5.95 Å². The van der Waals surface area contributed by atoms with E-state index in [1.54, 1.807) is 6.08 Å². The predicted octanol–water partition coefficient (Wildman–Crippen LogP) is 0.637. The lowest BCUT2D eigenvalue weighted by Crippen LogP contribution is -2.33. The predicted molar refractivity (Wildman–Crippen MR) is 118 cm³/mol. The third kappa shape index (κ3) is 3.26. The standard InChI is InChI=1S/C22H21N5O5/c23-22-25-19-16(20(31)26-22)24-15(27(19)21-18(30)17(29)14(10-28)32-21)9-8-12-6-3-5-11-4-1-2-7-13(11)12/h1-9,14,17-18,21,28-30H,10H2,(H3,23,25,26,31)/t14-,17-,18-,21-/m1/s1. The largest absolute Gasteiger partial charge is 0.394 e. The molecule has 0 aliphatic carbocycles. The maximum absolute atomic E-state index is 12.4. The molecule has 2 aromatic heterocycles. The van der Waals surface area contributed by atoms with Gasteiger partial charge in [-0.25, -0.2) is 4.98 Å². The van der Waals surface area contributed by atoms with Crippen LogP contribution in [0.25, 0.3) is 34.1 Å². The number of H-pyrrole nitrogens is 1. The number of anilines is 1. The number of hydrogen-bond acceptors (Lipinski definition) is 8. The average Bonchev–Trinajstić information content (AvgIpc) is 3.29. The molecule has 0 unspecified atom stereocenters. The van der Waals surface area contributed by atoms with Gasteiger partial charge in [0.25, 0.3) is 5.56 Å². The number of aromatic nitrogens is 4. The van der Waals surface area contributed by atoms with Crippen LogP contribution >= 0.6 is 0 Å². The number of imidazole rings is 1. The third-order valence-corrected chi connectivity index (χ3v) is 5.60. The Morgan fingerprint density at radius 2 is 1.88 bits per heavy atom. The second-order valence-corrected chi connectivity index (χ2v) is 7.59. The van der Waals surface area contributed by atoms with Crippen molar-refractivity contribution < 1.29 is 20.1 Å². The molecule has 1 fully saturated rings. The summed E-state index contributed by atoms with van der Waals surface area (Å²) < 4.78 is 7.09. The van der Waals surface area contributed by atoms with E-state index in [0.717, 1.165) is 16.3 Å². The lowest BCUT2D eigenvalue weighted by Gasteiger charge is -2.18. The van der Waals surface area contributed by atoms with Gasteiger partial charge in [0.05, 0.1) is 6.61 Å². The highest BCUT2D eigenvalue weighted by atomic mass is 16.6. The highest BCUT2D eigenvalue weighted by Gasteiger charge is 2.44. The van der Waals surface area contributed by atoms with E-state index in [1.807, 2.05) is 48.5 Å². The first kappa shape index (κ1) is 20.3. The summed E-state index contributed by atoms with van der Waals surface area (Å²) in [5, 5.41) is 32.4. The number of aromatic amines is 1. The number of fused-ring (bicyclic) bond motifs is 2. The third-order valence-electron chi connectivity index (χ3n) is 5.60. The van der Waals surface area contributed by atoms with Gasteiger partial charge in [0.1, 0.15) is 24.1 Å². The van der Waals surface area contributed by atoms with E-state index in [0.29, 0.717) is 0 Å². The molecule has 0 bridgehead atoms. The number of aliphatic hydroxyl groups is 3. The molecule has 1 aliphatic rings. The van der Waals surface area contributed by atoms with E-state index in [4.69, 9.17) is 10.5 Å². The molecule has 0 amide bonds. The first-order valence-corrected chi connectivity index (χ1v) is 10.0. The molecule has 1 aliphatic heterocycles. The number of hydrogen-bond donors (Lipinski definition) is 5. The molecule has 32 heavy (non-hydrogen) atoms. The van der Waals surface area contributed by atoms with Gasteiger partial charge in [0.15, 0.2) is 17.4 Å². The monoisotopic (exact) mass is 435 g/mol. The van der Waals surface area contributed by atoms with Gasteiger partial charge < -0.3 is 25.8 Å². The summed E-state index contributed by atoms with van der Waals surface area (Å²) in [6.07, 6.45) is -1.32. The van der Waals surface area contributed by atoms with Crippen molar-refractivity contribution in [2.45, 2.75) is 24.5 Å². The van der Waals surface area contributed by atoms with Gasteiger partial charge in [-0.15, -0.1) is 0 Å². The van der Waals surface area contributed by atoms with Gasteiger partial charge in [-0.1, -0.05) is 48.5 Å². The Balaban J connectivity index is 1.68. The Hall–Kier alpha value is -3.57. The number of nitrogens with two attached hydrogens (primary N) is 1. The molecule has 4 aromatic rings. The van der Waals surface area contributed by atoms with Gasteiger partial charge >= 0.3 is 0 Å². The van der Waals surface area contributed by atoms with Crippen LogP contribution < -0.4 is 11.3 Å². The average molecular weight is 435 g/mol. The quantitative estimate of drug-likeness (QED) is 0.312. The van der Waals surface area contributed by atoms with Crippen LogP contribution in [0.2, 0.25) is 0 Å². The Labute approximate surface area is 181 Å². The second-order valence-electron chi connectivity index (χ2n) is 7.59. The number of nitrogen functional groups attached to an aromatic ring is 1.